The molecule has 0 aromatic carbocycles. The molecule has 1 aliphatic heterocycles. The van der Waals surface area contributed by atoms with Crippen molar-refractivity contribution in [3.8, 4) is 0 Å². The average Bonchev–Trinajstić information content (AvgIpc) is 2.47. The maximum absolute atomic E-state index is 11.3. The zero-order chi connectivity index (χ0) is 21.5. The van der Waals surface area contributed by atoms with E-state index >= 15 is 0 Å². The molecule has 1 fully saturated rings. The van der Waals surface area contributed by atoms with E-state index in [1.807, 2.05) is 0 Å². The van der Waals surface area contributed by atoms with E-state index in [0.717, 1.165) is 0 Å². The van der Waals surface area contributed by atoms with Gasteiger partial charge in [-0.2, -0.15) is 16.8 Å². The Morgan fingerprint density at radius 2 is 0.966 bits per heavy atom. The van der Waals surface area contributed by atoms with E-state index in [-0.39, 0.29) is 101 Å². The molecule has 0 aliphatic carbocycles. The number of nitrogens with zero attached hydrogens (tertiary/aromatic N) is 2. The van der Waals surface area contributed by atoms with Crippen molar-refractivity contribution in [1.29, 1.82) is 0 Å². The van der Waals surface area contributed by atoms with Gasteiger partial charge >= 0.3 is 66.9 Å². The molecular formula is C10H27N2Na2O12PS2. The molecule has 7 N–H and O–H groups in total. The van der Waals surface area contributed by atoms with Gasteiger partial charge in [-0.1, -0.05) is 0 Å². The first-order valence-corrected chi connectivity index (χ1v) is 12.1. The van der Waals surface area contributed by atoms with Crippen LogP contribution in [0, 0.1) is 0 Å². The second-order valence-corrected chi connectivity index (χ2v) is 9.72. The zero-order valence-electron chi connectivity index (χ0n) is 18.1. The summed E-state index contributed by atoms with van der Waals surface area (Å²) in [7, 11) is -13.4. The van der Waals surface area contributed by atoms with Gasteiger partial charge in [0, 0.05) is 52.2 Å². The van der Waals surface area contributed by atoms with E-state index in [2.05, 4.69) is 0 Å². The SMILES string of the molecule is O=P(O)(O)O.O=S(=O)(O)C(CCO)N1CCN(C(CCO)S(=O)(=O)O)CC1.[H-].[H-].[Na+].[Na+]. The van der Waals surface area contributed by atoms with Gasteiger partial charge in [-0.25, -0.2) is 4.57 Å². The molecule has 0 radical (unpaired) electrons. The number of rotatable bonds is 8. The minimum atomic E-state index is -4.64. The molecule has 1 rings (SSSR count). The average molecular weight is 508 g/mol. The molecule has 1 aliphatic rings. The Kier molecular flexibility index (Phi) is 19.0. The molecule has 2 atom stereocenters. The normalized spacial score (nSPS) is 18.4. The summed E-state index contributed by atoms with van der Waals surface area (Å²) in [6.07, 6.45) is -0.311. The Balaban J connectivity index is -0.000000225. The number of aliphatic hydroxyl groups excluding tert-OH is 2. The molecular weight excluding hydrogens is 481 g/mol. The number of piperazine rings is 1. The Bertz CT molecular complexity index is 648. The molecule has 14 nitrogen and oxygen atoms in total. The Morgan fingerprint density at radius 3 is 1.10 bits per heavy atom. The summed E-state index contributed by atoms with van der Waals surface area (Å²) in [5.41, 5.74) is 0. The topological polar surface area (TPSA) is 233 Å². The molecule has 19 heteroatoms. The first kappa shape index (κ1) is 35.4. The van der Waals surface area contributed by atoms with Crippen molar-refractivity contribution in [1.82, 2.24) is 9.80 Å². The second-order valence-electron chi connectivity index (χ2n) is 5.55. The molecule has 2 unspecified atom stereocenters. The standard InChI is InChI=1S/C10H22N2O8S2.2Na.H3O4P.2H/c13-7-1-9(21(15,16)17)11-3-5-12(6-4-11)10(2-8-14)22(18,19)20;;;1-5(2,3)4;;/h9-10,13-14H,1-8H2,(H,15,16,17)(H,18,19,20);;;(H3,1,2,3,4);;/q;2*+1;;2*-1. The molecule has 1 heterocycles. The van der Waals surface area contributed by atoms with Gasteiger partial charge < -0.3 is 27.7 Å². The first-order valence-electron chi connectivity index (χ1n) is 7.52. The van der Waals surface area contributed by atoms with Gasteiger partial charge in [0.05, 0.1) is 0 Å². The summed E-state index contributed by atoms with van der Waals surface area (Å²) in [6, 6.07) is 0. The van der Waals surface area contributed by atoms with Crippen molar-refractivity contribution in [3.05, 3.63) is 0 Å². The number of aliphatic hydroxyl groups is 2. The maximum atomic E-state index is 11.3. The van der Waals surface area contributed by atoms with Crippen molar-refractivity contribution in [3.63, 3.8) is 0 Å². The van der Waals surface area contributed by atoms with Gasteiger partial charge in [-0.05, 0) is 0 Å². The third kappa shape index (κ3) is 16.1. The van der Waals surface area contributed by atoms with Crippen LogP contribution in [0.4, 0.5) is 0 Å². The van der Waals surface area contributed by atoms with Crippen LogP contribution in [0.15, 0.2) is 0 Å². The monoisotopic (exact) mass is 508 g/mol. The molecule has 1 saturated heterocycles. The largest absolute Gasteiger partial charge is 1.00 e. The second kappa shape index (κ2) is 15.6. The van der Waals surface area contributed by atoms with E-state index in [0.29, 0.717) is 0 Å². The molecule has 29 heavy (non-hydrogen) atoms. The van der Waals surface area contributed by atoms with E-state index in [1.165, 1.54) is 9.80 Å². The summed E-state index contributed by atoms with van der Waals surface area (Å²) in [6.45, 7) is -0.265. The Hall–Kier alpha value is 1.77. The van der Waals surface area contributed by atoms with Crippen LogP contribution in [0.1, 0.15) is 15.7 Å². The maximum Gasteiger partial charge on any atom is 1.00 e. The fraction of sp³-hybridized carbons (Fsp3) is 1.00. The van der Waals surface area contributed by atoms with E-state index in [1.54, 1.807) is 0 Å². The minimum Gasteiger partial charge on any atom is -1.00 e. The summed E-state index contributed by atoms with van der Waals surface area (Å²) in [4.78, 5) is 24.4. The molecule has 0 aromatic rings. The van der Waals surface area contributed by atoms with Crippen molar-refractivity contribution >= 4 is 28.1 Å². The molecule has 168 valence electrons. The Morgan fingerprint density at radius 1 is 0.759 bits per heavy atom. The summed E-state index contributed by atoms with van der Waals surface area (Å²) in [5, 5.41) is 15.3. The third-order valence-electron chi connectivity index (χ3n) is 3.60. The number of phosphoric acid groups is 1. The molecule has 0 spiro atoms. The zero-order valence-corrected chi connectivity index (χ0v) is 22.7. The quantitative estimate of drug-likeness (QED) is 0.0917. The summed E-state index contributed by atoms with van der Waals surface area (Å²) < 4.78 is 72.5. The van der Waals surface area contributed by atoms with Gasteiger partial charge in [-0.3, -0.25) is 18.9 Å². The predicted octanol–water partition coefficient (Wildman–Crippen LogP) is -8.90. The van der Waals surface area contributed by atoms with Crippen LogP contribution < -0.4 is 59.1 Å². The molecule has 0 amide bonds. The smallest absolute Gasteiger partial charge is 1.00 e. The van der Waals surface area contributed by atoms with Gasteiger partial charge in [0.15, 0.2) is 0 Å². The number of hydrogen-bond acceptors (Lipinski definition) is 9. The van der Waals surface area contributed by atoms with Gasteiger partial charge in [-0.15, -0.1) is 0 Å². The van der Waals surface area contributed by atoms with Crippen molar-refractivity contribution < 1.29 is 117 Å². The molecule has 0 bridgehead atoms. The molecule has 0 aromatic heterocycles. The summed E-state index contributed by atoms with van der Waals surface area (Å²) >= 11 is 0. The van der Waals surface area contributed by atoms with Crippen LogP contribution in [0.5, 0.6) is 0 Å². The van der Waals surface area contributed by atoms with Crippen molar-refractivity contribution in [2.45, 2.75) is 23.6 Å². The first-order chi connectivity index (χ1) is 12.1. The van der Waals surface area contributed by atoms with Gasteiger partial charge in [0.1, 0.15) is 10.7 Å². The fourth-order valence-electron chi connectivity index (χ4n) is 2.57. The van der Waals surface area contributed by atoms with Crippen LogP contribution in [0.25, 0.3) is 0 Å². The van der Waals surface area contributed by atoms with Crippen molar-refractivity contribution in [2.75, 3.05) is 39.4 Å². The minimum absolute atomic E-state index is 0. The van der Waals surface area contributed by atoms with E-state index in [4.69, 9.17) is 29.5 Å². The number of hydrogen-bond donors (Lipinski definition) is 7. The predicted molar refractivity (Wildman–Crippen MR) is 93.7 cm³/mol. The van der Waals surface area contributed by atoms with E-state index in [9.17, 15) is 25.9 Å². The third-order valence-corrected chi connectivity index (χ3v) is 6.05. The fourth-order valence-corrected chi connectivity index (χ4v) is 4.56. The van der Waals surface area contributed by atoms with Gasteiger partial charge in [0.2, 0.25) is 0 Å². The van der Waals surface area contributed by atoms with Crippen LogP contribution in [0.3, 0.4) is 0 Å². The van der Waals surface area contributed by atoms with E-state index < -0.39 is 52.0 Å². The van der Waals surface area contributed by atoms with Crippen LogP contribution in [-0.2, 0) is 24.8 Å². The van der Waals surface area contributed by atoms with Crippen LogP contribution >= 0.6 is 7.82 Å². The molecule has 0 saturated carbocycles. The van der Waals surface area contributed by atoms with Crippen LogP contribution in [0.2, 0.25) is 0 Å². The Labute approximate surface area is 216 Å². The van der Waals surface area contributed by atoms with Gasteiger partial charge in [0.25, 0.3) is 20.2 Å². The van der Waals surface area contributed by atoms with Crippen molar-refractivity contribution in [2.24, 2.45) is 0 Å². The van der Waals surface area contributed by atoms with Crippen LogP contribution in [-0.4, -0.2) is 111 Å². The summed E-state index contributed by atoms with van der Waals surface area (Å²) in [5.74, 6) is 0.